The quantitative estimate of drug-likeness (QED) is 0.342. The Kier molecular flexibility index (Phi) is 5.90. The van der Waals surface area contributed by atoms with Gasteiger partial charge in [0.15, 0.2) is 0 Å². The van der Waals surface area contributed by atoms with Crippen LogP contribution in [0.2, 0.25) is 0 Å². The Morgan fingerprint density at radius 1 is 0.645 bits per heavy atom. The van der Waals surface area contributed by atoms with Gasteiger partial charge in [-0.05, 0) is 38.0 Å². The third-order valence-electron chi connectivity index (χ3n) is 5.42. The fraction of sp³-hybridized carbons (Fsp3) is 0.259. The molecule has 31 heavy (non-hydrogen) atoms. The first-order valence-electron chi connectivity index (χ1n) is 10.8. The van der Waals surface area contributed by atoms with E-state index in [1.807, 2.05) is 61.5 Å². The van der Waals surface area contributed by atoms with Gasteiger partial charge in [-0.1, -0.05) is 55.8 Å². The molecule has 0 heterocycles. The van der Waals surface area contributed by atoms with Gasteiger partial charge in [-0.25, -0.2) is 0 Å². The predicted molar refractivity (Wildman–Crippen MR) is 127 cm³/mol. The number of hydrogen-bond donors (Lipinski definition) is 2. The Morgan fingerprint density at radius 2 is 1.16 bits per heavy atom. The van der Waals surface area contributed by atoms with Gasteiger partial charge in [-0.15, -0.1) is 0 Å². The van der Waals surface area contributed by atoms with E-state index in [1.54, 1.807) is 0 Å². The first-order chi connectivity index (χ1) is 15.0. The highest BCUT2D eigenvalue weighted by molar-refractivity contribution is 6.04. The van der Waals surface area contributed by atoms with Crippen molar-refractivity contribution < 1.29 is 19.7 Å². The number of phenolic OH excluding ortho intramolecular Hbond substituents is 2. The standard InChI is InChI=1S/C27H28O4/c1-4-12-30-24-15-22(26(28)20-9-7-6-8-18(20)24)23-16-25(31-13-5-2)19-11-10-17(3)14-21(19)27(23)29/h6-11,14-16,28-29H,4-5,12-13H2,1-3H3. The second-order valence-electron chi connectivity index (χ2n) is 7.83. The smallest absolute Gasteiger partial charge is 0.131 e. The molecule has 0 saturated heterocycles. The van der Waals surface area contributed by atoms with Crippen LogP contribution in [0.3, 0.4) is 0 Å². The van der Waals surface area contributed by atoms with E-state index in [1.165, 1.54) is 0 Å². The maximum absolute atomic E-state index is 11.2. The Labute approximate surface area is 182 Å². The summed E-state index contributed by atoms with van der Waals surface area (Å²) in [6.45, 7) is 7.24. The van der Waals surface area contributed by atoms with Crippen LogP contribution in [0.25, 0.3) is 32.7 Å². The summed E-state index contributed by atoms with van der Waals surface area (Å²) in [6.07, 6.45) is 1.75. The zero-order valence-electron chi connectivity index (χ0n) is 18.2. The molecule has 4 heteroatoms. The first-order valence-corrected chi connectivity index (χ1v) is 10.8. The molecule has 0 radical (unpaired) electrons. The molecular formula is C27H28O4. The largest absolute Gasteiger partial charge is 0.507 e. The zero-order chi connectivity index (χ0) is 22.0. The van der Waals surface area contributed by atoms with Crippen LogP contribution in [-0.4, -0.2) is 23.4 Å². The van der Waals surface area contributed by atoms with E-state index >= 15 is 0 Å². The molecule has 0 aliphatic carbocycles. The van der Waals surface area contributed by atoms with E-state index in [2.05, 4.69) is 13.8 Å². The first kappa shape index (κ1) is 20.9. The number of rotatable bonds is 7. The summed E-state index contributed by atoms with van der Waals surface area (Å²) >= 11 is 0. The lowest BCUT2D eigenvalue weighted by atomic mass is 9.94. The van der Waals surface area contributed by atoms with Crippen molar-refractivity contribution in [1.82, 2.24) is 0 Å². The highest BCUT2D eigenvalue weighted by atomic mass is 16.5. The molecule has 0 aliphatic rings. The molecule has 160 valence electrons. The predicted octanol–water partition coefficient (Wildman–Crippen LogP) is 6.96. The van der Waals surface area contributed by atoms with Gasteiger partial charge in [0.2, 0.25) is 0 Å². The van der Waals surface area contributed by atoms with Gasteiger partial charge in [0.25, 0.3) is 0 Å². The van der Waals surface area contributed by atoms with Crippen LogP contribution in [-0.2, 0) is 0 Å². The molecule has 0 aliphatic heterocycles. The van der Waals surface area contributed by atoms with E-state index in [0.717, 1.165) is 29.2 Å². The molecular weight excluding hydrogens is 388 g/mol. The second-order valence-corrected chi connectivity index (χ2v) is 7.83. The van der Waals surface area contributed by atoms with Crippen LogP contribution < -0.4 is 9.47 Å². The van der Waals surface area contributed by atoms with Gasteiger partial charge in [-0.3, -0.25) is 0 Å². The highest BCUT2D eigenvalue weighted by Gasteiger charge is 2.20. The van der Waals surface area contributed by atoms with Crippen LogP contribution >= 0.6 is 0 Å². The number of benzene rings is 4. The fourth-order valence-corrected chi connectivity index (χ4v) is 3.89. The molecule has 0 atom stereocenters. The van der Waals surface area contributed by atoms with Crippen LogP contribution in [0.5, 0.6) is 23.0 Å². The Hall–Kier alpha value is -3.40. The number of hydrogen-bond acceptors (Lipinski definition) is 4. The van der Waals surface area contributed by atoms with E-state index < -0.39 is 0 Å². The maximum Gasteiger partial charge on any atom is 0.131 e. The Bertz CT molecular complexity index is 1240. The molecule has 2 N–H and O–H groups in total. The van der Waals surface area contributed by atoms with Crippen LogP contribution in [0.4, 0.5) is 0 Å². The molecule has 4 aromatic rings. The summed E-state index contributed by atoms with van der Waals surface area (Å²) < 4.78 is 12.0. The number of phenols is 2. The van der Waals surface area contributed by atoms with Gasteiger partial charge in [0.05, 0.1) is 13.2 Å². The topological polar surface area (TPSA) is 58.9 Å². The normalized spacial score (nSPS) is 11.2. The van der Waals surface area contributed by atoms with Gasteiger partial charge in [0.1, 0.15) is 23.0 Å². The monoisotopic (exact) mass is 416 g/mol. The molecule has 4 rings (SSSR count). The molecule has 0 unspecified atom stereocenters. The van der Waals surface area contributed by atoms with E-state index in [4.69, 9.17) is 9.47 Å². The molecule has 0 spiro atoms. The average Bonchev–Trinajstić information content (AvgIpc) is 2.79. The summed E-state index contributed by atoms with van der Waals surface area (Å²) in [7, 11) is 0. The van der Waals surface area contributed by atoms with Crippen LogP contribution in [0, 0.1) is 6.92 Å². The van der Waals surface area contributed by atoms with Crippen LogP contribution in [0.15, 0.2) is 54.6 Å². The van der Waals surface area contributed by atoms with Gasteiger partial charge in [0, 0.05) is 32.7 Å². The number of aryl methyl sites for hydroxylation is 1. The van der Waals surface area contributed by atoms with Crippen molar-refractivity contribution in [2.45, 2.75) is 33.6 Å². The summed E-state index contributed by atoms with van der Waals surface area (Å²) in [5.74, 6) is 1.61. The lowest BCUT2D eigenvalue weighted by Crippen LogP contribution is -1.98. The molecule has 4 nitrogen and oxygen atoms in total. The van der Waals surface area contributed by atoms with Crippen molar-refractivity contribution in [3.63, 3.8) is 0 Å². The van der Waals surface area contributed by atoms with Crippen molar-refractivity contribution in [1.29, 1.82) is 0 Å². The van der Waals surface area contributed by atoms with Crippen molar-refractivity contribution in [3.8, 4) is 34.1 Å². The van der Waals surface area contributed by atoms with Crippen molar-refractivity contribution >= 4 is 21.5 Å². The molecule has 0 amide bonds. The highest BCUT2D eigenvalue weighted by Crippen LogP contribution is 2.48. The minimum absolute atomic E-state index is 0.114. The third kappa shape index (κ3) is 3.86. The maximum atomic E-state index is 11.2. The summed E-state index contributed by atoms with van der Waals surface area (Å²) in [5, 5.41) is 25.5. The van der Waals surface area contributed by atoms with E-state index in [-0.39, 0.29) is 11.5 Å². The van der Waals surface area contributed by atoms with Crippen molar-refractivity contribution in [3.05, 3.63) is 60.2 Å². The summed E-state index contributed by atoms with van der Waals surface area (Å²) in [6, 6.07) is 17.2. The molecule has 0 bridgehead atoms. The molecule has 0 fully saturated rings. The van der Waals surface area contributed by atoms with E-state index in [0.29, 0.717) is 46.6 Å². The van der Waals surface area contributed by atoms with Gasteiger partial charge >= 0.3 is 0 Å². The minimum atomic E-state index is 0.114. The zero-order valence-corrected chi connectivity index (χ0v) is 18.2. The Morgan fingerprint density at radius 3 is 1.74 bits per heavy atom. The van der Waals surface area contributed by atoms with E-state index in [9.17, 15) is 10.2 Å². The number of fused-ring (bicyclic) bond motifs is 2. The molecule has 0 saturated carbocycles. The van der Waals surface area contributed by atoms with Gasteiger partial charge < -0.3 is 19.7 Å². The SMILES string of the molecule is CCCOc1cc(-c2cc(OCCC)c3ccc(C)cc3c2O)c(O)c2ccccc12. The number of aromatic hydroxyl groups is 2. The average molecular weight is 417 g/mol. The Balaban J connectivity index is 2.01. The number of ether oxygens (including phenoxy) is 2. The molecule has 4 aromatic carbocycles. The third-order valence-corrected chi connectivity index (χ3v) is 5.42. The van der Waals surface area contributed by atoms with Gasteiger partial charge in [-0.2, -0.15) is 0 Å². The lowest BCUT2D eigenvalue weighted by molar-refractivity contribution is 0.320. The van der Waals surface area contributed by atoms with Crippen LogP contribution in [0.1, 0.15) is 32.3 Å². The minimum Gasteiger partial charge on any atom is -0.507 e. The lowest BCUT2D eigenvalue weighted by Gasteiger charge is -2.18. The second kappa shape index (κ2) is 8.76. The summed E-state index contributed by atoms with van der Waals surface area (Å²) in [5.41, 5.74) is 2.08. The van der Waals surface area contributed by atoms with Crippen molar-refractivity contribution in [2.24, 2.45) is 0 Å². The molecule has 0 aromatic heterocycles. The van der Waals surface area contributed by atoms with Crippen molar-refractivity contribution in [2.75, 3.05) is 13.2 Å². The fourth-order valence-electron chi connectivity index (χ4n) is 3.89. The summed E-state index contributed by atoms with van der Waals surface area (Å²) in [4.78, 5) is 0.